The summed E-state index contributed by atoms with van der Waals surface area (Å²) in [6.07, 6.45) is 4.05. The molecule has 1 amide bonds. The Hall–Kier alpha value is -2.71. The number of hydrogen-bond donors (Lipinski definition) is 2. The highest BCUT2D eigenvalue weighted by atomic mass is 32.1. The lowest BCUT2D eigenvalue weighted by Crippen LogP contribution is -2.18. The van der Waals surface area contributed by atoms with Crippen molar-refractivity contribution in [1.29, 1.82) is 0 Å². The lowest BCUT2D eigenvalue weighted by atomic mass is 10.2. The van der Waals surface area contributed by atoms with Crippen molar-refractivity contribution >= 4 is 32.6 Å². The fourth-order valence-corrected chi connectivity index (χ4v) is 3.81. The monoisotopic (exact) mass is 384 g/mol. The Morgan fingerprint density at radius 2 is 2.22 bits per heavy atom. The maximum Gasteiger partial charge on any atom is 0.269 e. The van der Waals surface area contributed by atoms with Crippen LogP contribution in [0.5, 0.6) is 11.5 Å². The second kappa shape index (κ2) is 7.89. The van der Waals surface area contributed by atoms with Gasteiger partial charge in [0.05, 0.1) is 16.3 Å². The highest BCUT2D eigenvalue weighted by molar-refractivity contribution is 7.22. The second-order valence-electron chi connectivity index (χ2n) is 6.22. The Bertz CT molecular complexity index is 953. The third-order valence-corrected chi connectivity index (χ3v) is 5.27. The van der Waals surface area contributed by atoms with Crippen LogP contribution in [0.2, 0.25) is 0 Å². The number of nitrogens with zero attached hydrogens (tertiary/aromatic N) is 2. The van der Waals surface area contributed by atoms with Crippen molar-refractivity contribution in [2.45, 2.75) is 18.9 Å². The fourth-order valence-electron chi connectivity index (χ4n) is 2.91. The number of benzene rings is 1. The van der Waals surface area contributed by atoms with E-state index in [0.717, 1.165) is 41.3 Å². The van der Waals surface area contributed by atoms with Gasteiger partial charge in [-0.2, -0.15) is 0 Å². The van der Waals surface area contributed by atoms with E-state index in [9.17, 15) is 4.79 Å². The Kier molecular flexibility index (Phi) is 5.17. The molecule has 0 unspecified atom stereocenters. The number of ether oxygens (including phenoxy) is 2. The predicted molar refractivity (Wildman–Crippen MR) is 105 cm³/mol. The average Bonchev–Trinajstić information content (AvgIpc) is 3.35. The molecule has 2 N–H and O–H groups in total. The molecule has 140 valence electrons. The first kappa shape index (κ1) is 17.7. The van der Waals surface area contributed by atoms with Gasteiger partial charge in [0.25, 0.3) is 5.91 Å². The Labute approximate surface area is 160 Å². The lowest BCUT2D eigenvalue weighted by molar-refractivity contribution is 0.0958. The van der Waals surface area contributed by atoms with Gasteiger partial charge in [0, 0.05) is 38.5 Å². The van der Waals surface area contributed by atoms with Gasteiger partial charge in [-0.1, -0.05) is 11.3 Å². The van der Waals surface area contributed by atoms with Crippen LogP contribution in [0.3, 0.4) is 0 Å². The molecule has 0 bridgehead atoms. The summed E-state index contributed by atoms with van der Waals surface area (Å²) in [4.78, 5) is 20.3. The molecule has 7 nitrogen and oxygen atoms in total. The first-order valence-electron chi connectivity index (χ1n) is 8.83. The molecule has 1 atom stereocenters. The van der Waals surface area contributed by atoms with Gasteiger partial charge in [-0.3, -0.25) is 9.78 Å². The normalized spacial score (nSPS) is 16.4. The van der Waals surface area contributed by atoms with Crippen LogP contribution < -0.4 is 15.4 Å². The van der Waals surface area contributed by atoms with Crippen LogP contribution in [0.1, 0.15) is 23.3 Å². The molecular formula is C19H20N4O3S. The standard InChI is InChI=1S/C19H20N4O3S/c1-20-18(24)16-9-13(6-7-21-16)26-12-4-5-15-17(10-12)27-19(23-15)22-11-14-3-2-8-25-14/h4-7,9-10,14H,2-3,8,11H2,1H3,(H,20,24)(H,22,23)/t14-/m0/s1. The quantitative estimate of drug-likeness (QED) is 0.677. The number of carbonyl (C=O) groups excluding carboxylic acids is 1. The molecule has 8 heteroatoms. The van der Waals surface area contributed by atoms with E-state index in [4.69, 9.17) is 9.47 Å². The van der Waals surface area contributed by atoms with Gasteiger partial charge in [0.1, 0.15) is 17.2 Å². The summed E-state index contributed by atoms with van der Waals surface area (Å²) in [7, 11) is 1.57. The molecule has 0 spiro atoms. The van der Waals surface area contributed by atoms with Crippen LogP contribution in [-0.2, 0) is 4.74 Å². The SMILES string of the molecule is CNC(=O)c1cc(Oc2ccc3nc(NC[C@@H]4CCCO4)sc3c2)ccn1. The number of nitrogens with one attached hydrogen (secondary N) is 2. The van der Waals surface area contributed by atoms with Crippen LogP contribution in [0.4, 0.5) is 5.13 Å². The summed E-state index contributed by atoms with van der Waals surface area (Å²) in [5.74, 6) is 0.996. The van der Waals surface area contributed by atoms with Gasteiger partial charge < -0.3 is 20.1 Å². The summed E-state index contributed by atoms with van der Waals surface area (Å²) in [6, 6.07) is 9.08. The van der Waals surface area contributed by atoms with Crippen molar-refractivity contribution in [3.05, 3.63) is 42.2 Å². The molecule has 27 heavy (non-hydrogen) atoms. The zero-order valence-corrected chi connectivity index (χ0v) is 15.7. The number of aromatic nitrogens is 2. The third-order valence-electron chi connectivity index (χ3n) is 4.29. The van der Waals surface area contributed by atoms with Gasteiger partial charge in [-0.25, -0.2) is 4.98 Å². The first-order valence-corrected chi connectivity index (χ1v) is 9.65. The molecule has 3 heterocycles. The Balaban J connectivity index is 1.47. The minimum absolute atomic E-state index is 0.250. The van der Waals surface area contributed by atoms with Crippen LogP contribution in [0.25, 0.3) is 10.2 Å². The number of fused-ring (bicyclic) bond motifs is 1. The summed E-state index contributed by atoms with van der Waals surface area (Å²) in [5.41, 5.74) is 1.23. The minimum Gasteiger partial charge on any atom is -0.457 e. The summed E-state index contributed by atoms with van der Waals surface area (Å²) in [6.45, 7) is 1.63. The van der Waals surface area contributed by atoms with E-state index in [1.165, 1.54) is 0 Å². The maximum absolute atomic E-state index is 11.7. The van der Waals surface area contributed by atoms with Crippen molar-refractivity contribution in [3.63, 3.8) is 0 Å². The highest BCUT2D eigenvalue weighted by Gasteiger charge is 2.16. The lowest BCUT2D eigenvalue weighted by Gasteiger charge is -2.08. The van der Waals surface area contributed by atoms with Crippen molar-refractivity contribution < 1.29 is 14.3 Å². The predicted octanol–water partition coefficient (Wildman–Crippen LogP) is 3.43. The molecule has 1 fully saturated rings. The van der Waals surface area contributed by atoms with E-state index >= 15 is 0 Å². The minimum atomic E-state index is -0.250. The molecule has 2 aromatic heterocycles. The van der Waals surface area contributed by atoms with Crippen LogP contribution in [0, 0.1) is 0 Å². The van der Waals surface area contributed by atoms with E-state index in [2.05, 4.69) is 20.6 Å². The molecule has 0 radical (unpaired) electrons. The molecule has 4 rings (SSSR count). The summed E-state index contributed by atoms with van der Waals surface area (Å²) < 4.78 is 12.6. The van der Waals surface area contributed by atoms with E-state index in [1.807, 2.05) is 18.2 Å². The van der Waals surface area contributed by atoms with Crippen molar-refractivity contribution in [2.75, 3.05) is 25.5 Å². The highest BCUT2D eigenvalue weighted by Crippen LogP contribution is 2.31. The second-order valence-corrected chi connectivity index (χ2v) is 7.25. The summed E-state index contributed by atoms with van der Waals surface area (Å²) >= 11 is 1.58. The van der Waals surface area contributed by atoms with E-state index in [-0.39, 0.29) is 12.0 Å². The smallest absolute Gasteiger partial charge is 0.269 e. The van der Waals surface area contributed by atoms with Crippen LogP contribution in [0.15, 0.2) is 36.5 Å². The molecule has 1 aliphatic heterocycles. The number of hydrogen-bond acceptors (Lipinski definition) is 7. The van der Waals surface area contributed by atoms with Gasteiger partial charge in [-0.15, -0.1) is 0 Å². The number of amides is 1. The van der Waals surface area contributed by atoms with Gasteiger partial charge in [0.2, 0.25) is 0 Å². The van der Waals surface area contributed by atoms with Crippen LogP contribution in [-0.4, -0.2) is 42.2 Å². The summed E-state index contributed by atoms with van der Waals surface area (Å²) in [5, 5.41) is 6.79. The van der Waals surface area contributed by atoms with Gasteiger partial charge in [-0.05, 0) is 31.0 Å². The van der Waals surface area contributed by atoms with Crippen LogP contribution >= 0.6 is 11.3 Å². The van der Waals surface area contributed by atoms with E-state index < -0.39 is 0 Å². The van der Waals surface area contributed by atoms with E-state index in [1.54, 1.807) is 36.7 Å². The van der Waals surface area contributed by atoms with Gasteiger partial charge >= 0.3 is 0 Å². The molecular weight excluding hydrogens is 364 g/mol. The number of carbonyl (C=O) groups is 1. The third kappa shape index (κ3) is 4.17. The first-order chi connectivity index (χ1) is 13.2. The Morgan fingerprint density at radius 1 is 1.33 bits per heavy atom. The topological polar surface area (TPSA) is 85.4 Å². The number of pyridine rings is 1. The number of thiazole rings is 1. The van der Waals surface area contributed by atoms with E-state index in [0.29, 0.717) is 17.2 Å². The number of rotatable bonds is 6. The fraction of sp³-hybridized carbons (Fsp3) is 0.316. The van der Waals surface area contributed by atoms with Crippen molar-refractivity contribution in [3.8, 4) is 11.5 Å². The zero-order valence-electron chi connectivity index (χ0n) is 14.9. The van der Waals surface area contributed by atoms with Gasteiger partial charge in [0.15, 0.2) is 5.13 Å². The molecule has 3 aromatic rings. The maximum atomic E-state index is 11.7. The zero-order chi connectivity index (χ0) is 18.6. The molecule has 1 aliphatic rings. The molecule has 1 aromatic carbocycles. The van der Waals surface area contributed by atoms with Crippen molar-refractivity contribution in [2.24, 2.45) is 0 Å². The average molecular weight is 384 g/mol. The largest absolute Gasteiger partial charge is 0.457 e. The molecule has 0 aliphatic carbocycles. The number of anilines is 1. The molecule has 1 saturated heterocycles. The molecule has 0 saturated carbocycles. The van der Waals surface area contributed by atoms with Crippen molar-refractivity contribution in [1.82, 2.24) is 15.3 Å². The Morgan fingerprint density at radius 3 is 3.04 bits per heavy atom.